The Morgan fingerprint density at radius 2 is 2.15 bits per heavy atom. The van der Waals surface area contributed by atoms with Gasteiger partial charge >= 0.3 is 5.76 Å². The van der Waals surface area contributed by atoms with Crippen LogP contribution in [0.4, 0.5) is 5.69 Å². The number of non-ortho nitro benzene ring substituents is 1. The lowest BCUT2D eigenvalue weighted by molar-refractivity contribution is -0.384. The van der Waals surface area contributed by atoms with Gasteiger partial charge < -0.3 is 9.73 Å². The lowest BCUT2D eigenvalue weighted by Gasteiger charge is -2.22. The highest BCUT2D eigenvalue weighted by molar-refractivity contribution is 5.75. The van der Waals surface area contributed by atoms with Crippen LogP contribution in [0.1, 0.15) is 12.8 Å². The summed E-state index contributed by atoms with van der Waals surface area (Å²) in [4.78, 5) is 22.3. The van der Waals surface area contributed by atoms with Gasteiger partial charge in [0.15, 0.2) is 5.58 Å². The second kappa shape index (κ2) is 5.09. The van der Waals surface area contributed by atoms with Crippen molar-refractivity contribution in [3.8, 4) is 0 Å². The Kier molecular flexibility index (Phi) is 3.27. The molecule has 0 saturated carbocycles. The van der Waals surface area contributed by atoms with Gasteiger partial charge in [0.05, 0.1) is 10.4 Å². The van der Waals surface area contributed by atoms with Crippen molar-refractivity contribution in [2.45, 2.75) is 19.4 Å². The maximum Gasteiger partial charge on any atom is 0.419 e. The van der Waals surface area contributed by atoms with Gasteiger partial charge in [-0.25, -0.2) is 4.79 Å². The summed E-state index contributed by atoms with van der Waals surface area (Å²) in [6.07, 6.45) is 1.99. The number of fused-ring (bicyclic) bond motifs is 1. The van der Waals surface area contributed by atoms with Crippen molar-refractivity contribution in [2.24, 2.45) is 5.92 Å². The van der Waals surface area contributed by atoms with Crippen molar-refractivity contribution < 1.29 is 9.34 Å². The first kappa shape index (κ1) is 12.9. The molecule has 2 heterocycles. The minimum absolute atomic E-state index is 0.0302. The zero-order chi connectivity index (χ0) is 14.1. The highest BCUT2D eigenvalue weighted by Gasteiger charge is 2.19. The van der Waals surface area contributed by atoms with Crippen molar-refractivity contribution in [3.63, 3.8) is 0 Å². The number of nitrogens with zero attached hydrogens (tertiary/aromatic N) is 2. The third kappa shape index (κ3) is 2.32. The zero-order valence-corrected chi connectivity index (χ0v) is 10.9. The number of oxazole rings is 1. The Morgan fingerprint density at radius 1 is 1.40 bits per heavy atom. The molecule has 20 heavy (non-hydrogen) atoms. The summed E-state index contributed by atoms with van der Waals surface area (Å²) >= 11 is 0. The molecule has 0 unspecified atom stereocenters. The summed E-state index contributed by atoms with van der Waals surface area (Å²) < 4.78 is 6.66. The highest BCUT2D eigenvalue weighted by atomic mass is 16.6. The second-order valence-electron chi connectivity index (χ2n) is 5.08. The number of aromatic nitrogens is 1. The normalized spacial score (nSPS) is 16.6. The van der Waals surface area contributed by atoms with E-state index >= 15 is 0 Å². The molecule has 0 aliphatic carbocycles. The molecule has 1 aliphatic heterocycles. The SMILES string of the molecule is O=c1oc2ccc([N+](=O)[O-])cc2n1CC1CCNCC1. The lowest BCUT2D eigenvalue weighted by Crippen LogP contribution is -2.31. The average Bonchev–Trinajstić information content (AvgIpc) is 2.75. The maximum absolute atomic E-state index is 11.9. The van der Waals surface area contributed by atoms with E-state index in [0.717, 1.165) is 25.9 Å². The number of nitro groups is 1. The quantitative estimate of drug-likeness (QED) is 0.678. The summed E-state index contributed by atoms with van der Waals surface area (Å²) in [5, 5.41) is 14.1. The summed E-state index contributed by atoms with van der Waals surface area (Å²) in [7, 11) is 0. The first-order chi connectivity index (χ1) is 9.65. The van der Waals surface area contributed by atoms with Crippen LogP contribution in [-0.2, 0) is 6.54 Å². The summed E-state index contributed by atoms with van der Waals surface area (Å²) in [5.74, 6) is -0.0481. The van der Waals surface area contributed by atoms with Gasteiger partial charge in [0.1, 0.15) is 0 Å². The van der Waals surface area contributed by atoms with Gasteiger partial charge in [0, 0.05) is 18.7 Å². The van der Waals surface area contributed by atoms with Gasteiger partial charge in [0.2, 0.25) is 0 Å². The van der Waals surface area contributed by atoms with Crippen molar-refractivity contribution in [1.82, 2.24) is 9.88 Å². The fraction of sp³-hybridized carbons (Fsp3) is 0.462. The number of nitro benzene ring substituents is 1. The fourth-order valence-electron chi connectivity index (χ4n) is 2.66. The van der Waals surface area contributed by atoms with E-state index in [1.165, 1.54) is 22.8 Å². The molecule has 3 rings (SSSR count). The molecule has 1 saturated heterocycles. The van der Waals surface area contributed by atoms with Crippen LogP contribution in [-0.4, -0.2) is 22.6 Å². The summed E-state index contributed by atoms with van der Waals surface area (Å²) in [6, 6.07) is 4.23. The molecule has 7 heteroatoms. The maximum atomic E-state index is 11.9. The number of benzene rings is 1. The third-order valence-electron chi connectivity index (χ3n) is 3.76. The minimum atomic E-state index is -0.466. The van der Waals surface area contributed by atoms with E-state index in [-0.39, 0.29) is 5.69 Å². The topological polar surface area (TPSA) is 90.3 Å². The number of hydrogen-bond donors (Lipinski definition) is 1. The van der Waals surface area contributed by atoms with Crippen LogP contribution >= 0.6 is 0 Å². The number of nitrogens with one attached hydrogen (secondary N) is 1. The Bertz CT molecular complexity index is 697. The highest BCUT2D eigenvalue weighted by Crippen LogP contribution is 2.22. The van der Waals surface area contributed by atoms with Crippen molar-refractivity contribution in [2.75, 3.05) is 13.1 Å². The molecule has 0 radical (unpaired) electrons. The van der Waals surface area contributed by atoms with Gasteiger partial charge in [-0.05, 0) is 37.9 Å². The Hall–Kier alpha value is -2.15. The lowest BCUT2D eigenvalue weighted by atomic mass is 9.98. The van der Waals surface area contributed by atoms with E-state index in [2.05, 4.69) is 5.32 Å². The first-order valence-electron chi connectivity index (χ1n) is 6.63. The molecule has 1 aromatic carbocycles. The number of rotatable bonds is 3. The monoisotopic (exact) mass is 277 g/mol. The predicted octanol–water partition coefficient (Wildman–Crippen LogP) is 1.50. The second-order valence-corrected chi connectivity index (χ2v) is 5.08. The smallest absolute Gasteiger partial charge is 0.408 e. The Morgan fingerprint density at radius 3 is 2.85 bits per heavy atom. The van der Waals surface area contributed by atoms with Crippen LogP contribution in [0.15, 0.2) is 27.4 Å². The molecular weight excluding hydrogens is 262 g/mol. The molecule has 106 valence electrons. The van der Waals surface area contributed by atoms with Crippen LogP contribution in [0.5, 0.6) is 0 Å². The third-order valence-corrected chi connectivity index (χ3v) is 3.76. The Labute approximate surface area is 114 Å². The van der Waals surface area contributed by atoms with Gasteiger partial charge in [-0.1, -0.05) is 0 Å². The van der Waals surface area contributed by atoms with Crippen molar-refractivity contribution in [3.05, 3.63) is 38.9 Å². The molecule has 1 aromatic heterocycles. The number of piperidine rings is 1. The largest absolute Gasteiger partial charge is 0.419 e. The molecule has 2 aromatic rings. The van der Waals surface area contributed by atoms with E-state index in [0.29, 0.717) is 23.6 Å². The van der Waals surface area contributed by atoms with Crippen LogP contribution in [0.25, 0.3) is 11.1 Å². The van der Waals surface area contributed by atoms with Gasteiger partial charge in [-0.15, -0.1) is 0 Å². The van der Waals surface area contributed by atoms with Crippen LogP contribution in [0.2, 0.25) is 0 Å². The summed E-state index contributed by atoms with van der Waals surface area (Å²) in [6.45, 7) is 2.43. The van der Waals surface area contributed by atoms with Crippen LogP contribution in [0, 0.1) is 16.0 Å². The van der Waals surface area contributed by atoms with E-state index in [1.807, 2.05) is 0 Å². The first-order valence-corrected chi connectivity index (χ1v) is 6.63. The predicted molar refractivity (Wildman–Crippen MR) is 72.7 cm³/mol. The van der Waals surface area contributed by atoms with Crippen molar-refractivity contribution in [1.29, 1.82) is 0 Å². The minimum Gasteiger partial charge on any atom is -0.408 e. The number of hydrogen-bond acceptors (Lipinski definition) is 5. The molecule has 1 fully saturated rings. The summed E-state index contributed by atoms with van der Waals surface area (Å²) in [5.41, 5.74) is 0.870. The standard InChI is InChI=1S/C13H15N3O4/c17-13-15(8-9-3-5-14-6-4-9)11-7-10(16(18)19)1-2-12(11)20-13/h1-2,7,9,14H,3-6,8H2. The van der Waals surface area contributed by atoms with Crippen molar-refractivity contribution >= 4 is 16.8 Å². The fourth-order valence-corrected chi connectivity index (χ4v) is 2.66. The van der Waals surface area contributed by atoms with E-state index in [9.17, 15) is 14.9 Å². The van der Waals surface area contributed by atoms with Crippen LogP contribution in [0.3, 0.4) is 0 Å². The van der Waals surface area contributed by atoms with Gasteiger partial charge in [0.25, 0.3) is 5.69 Å². The van der Waals surface area contributed by atoms with E-state index in [1.54, 1.807) is 0 Å². The van der Waals surface area contributed by atoms with Gasteiger partial charge in [-0.3, -0.25) is 14.7 Å². The average molecular weight is 277 g/mol. The molecule has 7 nitrogen and oxygen atoms in total. The molecule has 1 N–H and O–H groups in total. The van der Waals surface area contributed by atoms with Crippen LogP contribution < -0.4 is 11.1 Å². The van der Waals surface area contributed by atoms with E-state index in [4.69, 9.17) is 4.42 Å². The molecule has 0 spiro atoms. The molecule has 0 atom stereocenters. The Balaban J connectivity index is 1.99. The molecule has 0 amide bonds. The van der Waals surface area contributed by atoms with E-state index < -0.39 is 10.7 Å². The molecule has 0 bridgehead atoms. The zero-order valence-electron chi connectivity index (χ0n) is 10.9. The molecular formula is C13H15N3O4. The van der Waals surface area contributed by atoms with Gasteiger partial charge in [-0.2, -0.15) is 0 Å². The molecule has 1 aliphatic rings.